The van der Waals surface area contributed by atoms with Crippen molar-refractivity contribution in [1.29, 1.82) is 0 Å². The van der Waals surface area contributed by atoms with E-state index in [1.165, 1.54) is 12.1 Å². The van der Waals surface area contributed by atoms with Crippen LogP contribution in [-0.2, 0) is 6.61 Å². The van der Waals surface area contributed by atoms with Crippen molar-refractivity contribution in [2.24, 2.45) is 0 Å². The predicted molar refractivity (Wildman–Crippen MR) is 73.9 cm³/mol. The number of halogens is 2. The lowest BCUT2D eigenvalue weighted by molar-refractivity contribution is 0.0691. The van der Waals surface area contributed by atoms with E-state index in [1.54, 1.807) is 18.2 Å². The van der Waals surface area contributed by atoms with Crippen molar-refractivity contribution in [2.45, 2.75) is 13.5 Å². The van der Waals surface area contributed by atoms with Crippen LogP contribution in [0.25, 0.3) is 0 Å². The lowest BCUT2D eigenvalue weighted by Crippen LogP contribution is -2.04. The molecule has 1 N–H and O–H groups in total. The lowest BCUT2D eigenvalue weighted by atomic mass is 10.1. The van der Waals surface area contributed by atoms with Crippen LogP contribution in [0.1, 0.15) is 21.5 Å². The summed E-state index contributed by atoms with van der Waals surface area (Å²) in [5, 5.41) is 9.47. The molecule has 0 bridgehead atoms. The highest BCUT2D eigenvalue weighted by atomic mass is 35.5. The van der Waals surface area contributed by atoms with E-state index < -0.39 is 11.8 Å². The Bertz CT molecular complexity index is 656. The summed E-state index contributed by atoms with van der Waals surface area (Å²) in [4.78, 5) is 10.8. The second kappa shape index (κ2) is 5.92. The maximum absolute atomic E-state index is 13.3. The fraction of sp³-hybridized carbons (Fsp3) is 0.133. The van der Waals surface area contributed by atoms with E-state index in [9.17, 15) is 9.18 Å². The first-order valence-electron chi connectivity index (χ1n) is 5.88. The zero-order valence-corrected chi connectivity index (χ0v) is 11.4. The zero-order valence-electron chi connectivity index (χ0n) is 10.7. The summed E-state index contributed by atoms with van der Waals surface area (Å²) in [5.41, 5.74) is 1.09. The van der Waals surface area contributed by atoms with Gasteiger partial charge < -0.3 is 9.84 Å². The van der Waals surface area contributed by atoms with Crippen molar-refractivity contribution in [1.82, 2.24) is 0 Å². The van der Waals surface area contributed by atoms with Crippen molar-refractivity contribution < 1.29 is 19.0 Å². The summed E-state index contributed by atoms with van der Waals surface area (Å²) in [6, 6.07) is 9.09. The Morgan fingerprint density at radius 1 is 1.30 bits per heavy atom. The molecular formula is C15H12ClFO3. The van der Waals surface area contributed by atoms with Crippen LogP contribution in [-0.4, -0.2) is 11.1 Å². The number of aromatic carboxylic acids is 1. The molecule has 2 aromatic rings. The first-order valence-corrected chi connectivity index (χ1v) is 6.26. The summed E-state index contributed by atoms with van der Waals surface area (Å²) in [7, 11) is 0. The molecule has 0 heterocycles. The minimum atomic E-state index is -1.30. The van der Waals surface area contributed by atoms with Gasteiger partial charge in [-0.15, -0.1) is 0 Å². The Morgan fingerprint density at radius 3 is 2.70 bits per heavy atom. The highest BCUT2D eigenvalue weighted by Crippen LogP contribution is 2.23. The van der Waals surface area contributed by atoms with Gasteiger partial charge in [0.05, 0.1) is 5.56 Å². The molecule has 0 saturated carbocycles. The molecule has 0 aromatic heterocycles. The molecule has 0 atom stereocenters. The van der Waals surface area contributed by atoms with Gasteiger partial charge in [0.1, 0.15) is 18.2 Å². The van der Waals surface area contributed by atoms with Gasteiger partial charge in [0, 0.05) is 5.02 Å². The second-order valence-electron chi connectivity index (χ2n) is 4.32. The van der Waals surface area contributed by atoms with E-state index in [0.29, 0.717) is 16.3 Å². The molecule has 0 aliphatic carbocycles. The van der Waals surface area contributed by atoms with Crippen molar-refractivity contribution in [3.8, 4) is 5.75 Å². The van der Waals surface area contributed by atoms with Crippen molar-refractivity contribution >= 4 is 17.6 Å². The first kappa shape index (κ1) is 14.3. The van der Waals surface area contributed by atoms with Gasteiger partial charge in [0.2, 0.25) is 0 Å². The van der Waals surface area contributed by atoms with Crippen LogP contribution in [0.5, 0.6) is 5.75 Å². The van der Waals surface area contributed by atoms with Gasteiger partial charge in [-0.05, 0) is 48.4 Å². The average Bonchev–Trinajstić information content (AvgIpc) is 2.39. The van der Waals surface area contributed by atoms with Crippen LogP contribution in [0.2, 0.25) is 5.02 Å². The molecular weight excluding hydrogens is 283 g/mol. The molecule has 0 amide bonds. The Kier molecular flexibility index (Phi) is 4.25. The van der Waals surface area contributed by atoms with Crippen LogP contribution >= 0.6 is 11.6 Å². The highest BCUT2D eigenvalue weighted by molar-refractivity contribution is 6.30. The van der Waals surface area contributed by atoms with Gasteiger partial charge in [-0.25, -0.2) is 9.18 Å². The number of hydrogen-bond donors (Lipinski definition) is 1. The molecule has 20 heavy (non-hydrogen) atoms. The summed E-state index contributed by atoms with van der Waals surface area (Å²) < 4.78 is 18.8. The van der Waals surface area contributed by atoms with Crippen LogP contribution in [0.4, 0.5) is 4.39 Å². The van der Waals surface area contributed by atoms with Gasteiger partial charge in [-0.3, -0.25) is 0 Å². The minimum Gasteiger partial charge on any atom is -0.489 e. The number of rotatable bonds is 4. The van der Waals surface area contributed by atoms with E-state index in [2.05, 4.69) is 0 Å². The molecule has 0 unspecified atom stereocenters. The number of ether oxygens (including phenoxy) is 1. The van der Waals surface area contributed by atoms with Gasteiger partial charge in [0.25, 0.3) is 0 Å². The van der Waals surface area contributed by atoms with Crippen LogP contribution in [0.3, 0.4) is 0 Å². The smallest absolute Gasteiger partial charge is 0.338 e. The minimum absolute atomic E-state index is 0.156. The standard InChI is InChI=1S/C15H12ClFO3/c1-9-6-11(16)3-5-14(9)20-8-10-2-4-13(17)12(7-10)15(18)19/h2-7H,8H2,1H3,(H,18,19). The predicted octanol–water partition coefficient (Wildman–Crippen LogP) is 4.06. The van der Waals surface area contributed by atoms with E-state index in [0.717, 1.165) is 11.6 Å². The van der Waals surface area contributed by atoms with Gasteiger partial charge in [0.15, 0.2) is 0 Å². The number of aryl methyl sites for hydroxylation is 1. The van der Waals surface area contributed by atoms with E-state index >= 15 is 0 Å². The van der Waals surface area contributed by atoms with E-state index in [1.807, 2.05) is 6.92 Å². The Balaban J connectivity index is 2.15. The van der Waals surface area contributed by atoms with E-state index in [-0.39, 0.29) is 12.2 Å². The molecule has 0 saturated heterocycles. The number of carboxylic acid groups (broad SMARTS) is 1. The Morgan fingerprint density at radius 2 is 2.05 bits per heavy atom. The lowest BCUT2D eigenvalue weighted by Gasteiger charge is -2.10. The zero-order chi connectivity index (χ0) is 14.7. The topological polar surface area (TPSA) is 46.5 Å². The number of carboxylic acids is 1. The molecule has 2 rings (SSSR count). The van der Waals surface area contributed by atoms with Gasteiger partial charge in [-0.1, -0.05) is 17.7 Å². The third kappa shape index (κ3) is 3.27. The molecule has 0 fully saturated rings. The van der Waals surface area contributed by atoms with Crippen molar-refractivity contribution in [2.75, 3.05) is 0 Å². The third-order valence-electron chi connectivity index (χ3n) is 2.79. The molecule has 104 valence electrons. The van der Waals surface area contributed by atoms with Crippen LogP contribution in [0, 0.1) is 12.7 Å². The molecule has 3 nitrogen and oxygen atoms in total. The van der Waals surface area contributed by atoms with Crippen LogP contribution in [0.15, 0.2) is 36.4 Å². The molecule has 0 aliphatic rings. The molecule has 0 aliphatic heterocycles. The maximum atomic E-state index is 13.3. The normalized spacial score (nSPS) is 10.3. The Labute approximate surface area is 120 Å². The second-order valence-corrected chi connectivity index (χ2v) is 4.75. The highest BCUT2D eigenvalue weighted by Gasteiger charge is 2.11. The monoisotopic (exact) mass is 294 g/mol. The van der Waals surface area contributed by atoms with Crippen molar-refractivity contribution in [3.05, 3.63) is 63.9 Å². The quantitative estimate of drug-likeness (QED) is 0.925. The molecule has 0 radical (unpaired) electrons. The fourth-order valence-corrected chi connectivity index (χ4v) is 1.99. The summed E-state index contributed by atoms with van der Waals surface area (Å²) >= 11 is 5.84. The number of benzene rings is 2. The number of carbonyl (C=O) groups is 1. The largest absolute Gasteiger partial charge is 0.489 e. The Hall–Kier alpha value is -2.07. The molecule has 2 aromatic carbocycles. The SMILES string of the molecule is Cc1cc(Cl)ccc1OCc1ccc(F)c(C(=O)O)c1. The third-order valence-corrected chi connectivity index (χ3v) is 3.03. The van der Waals surface area contributed by atoms with Gasteiger partial charge in [-0.2, -0.15) is 0 Å². The fourth-order valence-electron chi connectivity index (χ4n) is 1.76. The number of hydrogen-bond acceptors (Lipinski definition) is 2. The average molecular weight is 295 g/mol. The van der Waals surface area contributed by atoms with Crippen LogP contribution < -0.4 is 4.74 Å². The summed E-state index contributed by atoms with van der Waals surface area (Å²) in [5.74, 6) is -1.41. The van der Waals surface area contributed by atoms with Crippen molar-refractivity contribution in [3.63, 3.8) is 0 Å². The first-order chi connectivity index (χ1) is 9.47. The maximum Gasteiger partial charge on any atom is 0.338 e. The van der Waals surface area contributed by atoms with Gasteiger partial charge >= 0.3 is 5.97 Å². The summed E-state index contributed by atoms with van der Waals surface area (Å²) in [6.07, 6.45) is 0. The summed E-state index contributed by atoms with van der Waals surface area (Å²) in [6.45, 7) is 2.01. The molecule has 5 heteroatoms. The van der Waals surface area contributed by atoms with E-state index in [4.69, 9.17) is 21.4 Å². The molecule has 0 spiro atoms.